The molecule has 2 N–H and O–H groups in total. The Morgan fingerprint density at radius 3 is 2.50 bits per heavy atom. The van der Waals surface area contributed by atoms with Crippen molar-refractivity contribution in [3.63, 3.8) is 0 Å². The first-order valence-corrected chi connectivity index (χ1v) is 16.5. The van der Waals surface area contributed by atoms with Gasteiger partial charge in [-0.25, -0.2) is 4.79 Å². The topological polar surface area (TPSA) is 97.0 Å². The summed E-state index contributed by atoms with van der Waals surface area (Å²) < 4.78 is 12.9. The molecule has 44 heavy (non-hydrogen) atoms. The Balaban J connectivity index is 1.42. The minimum atomic E-state index is -1.22. The molecule has 1 unspecified atom stereocenters. The van der Waals surface area contributed by atoms with E-state index in [4.69, 9.17) is 32.7 Å². The Morgan fingerprint density at radius 1 is 1.02 bits per heavy atom. The van der Waals surface area contributed by atoms with Crippen molar-refractivity contribution >= 4 is 69.4 Å². The number of fused-ring (bicyclic) bond motifs is 2. The quantitative estimate of drug-likeness (QED) is 0.269. The normalized spacial score (nSPS) is 23.4. The van der Waals surface area contributed by atoms with Gasteiger partial charge in [0.15, 0.2) is 0 Å². The van der Waals surface area contributed by atoms with Crippen molar-refractivity contribution in [3.8, 4) is 5.75 Å². The van der Waals surface area contributed by atoms with Gasteiger partial charge in [0.2, 0.25) is 11.8 Å². The molecular formula is C33H32Cl2IN3O5. The van der Waals surface area contributed by atoms with Crippen molar-refractivity contribution in [2.75, 3.05) is 18.4 Å². The molecule has 8 nitrogen and oxygen atoms in total. The number of halogens is 3. The van der Waals surface area contributed by atoms with E-state index in [-0.39, 0.29) is 36.5 Å². The second-order valence-electron chi connectivity index (χ2n) is 11.7. The molecular weight excluding hydrogens is 716 g/mol. The number of nitrogens with zero attached hydrogens (tertiary/aromatic N) is 1. The number of piperidine rings is 2. The predicted octanol–water partition coefficient (Wildman–Crippen LogP) is 7.22. The van der Waals surface area contributed by atoms with Crippen LogP contribution in [-0.4, -0.2) is 48.1 Å². The highest BCUT2D eigenvalue weighted by Gasteiger charge is 2.61. The van der Waals surface area contributed by atoms with E-state index >= 15 is 0 Å². The van der Waals surface area contributed by atoms with Gasteiger partial charge in [0.05, 0.1) is 12.1 Å². The minimum absolute atomic E-state index is 0.0946. The SMILES string of the molecule is CC(C)OC(=O)N1CCC(Oc2ccc(I)cc2[C@H]2NC(=O)C[C@@H](c3cccc(Cl)c3)C23C(=O)Nc2cc(Cl)ccc23)CC1. The van der Waals surface area contributed by atoms with Gasteiger partial charge in [-0.05, 0) is 90.0 Å². The maximum Gasteiger partial charge on any atom is 0.410 e. The maximum absolute atomic E-state index is 14.4. The number of rotatable bonds is 5. The molecule has 230 valence electrons. The van der Waals surface area contributed by atoms with Gasteiger partial charge in [0.1, 0.15) is 17.3 Å². The third-order valence-corrected chi connectivity index (χ3v) is 9.76. The van der Waals surface area contributed by atoms with Crippen LogP contribution in [0, 0.1) is 3.57 Å². The standard InChI is InChI=1S/C33H32Cl2IN3O5/c1-18(2)43-32(42)39-12-10-23(11-13-39)44-28-9-7-22(36)16-24(28)30-33(25-8-6-21(35)15-27(25)37-31(33)41)26(17-29(40)38-30)19-4-3-5-20(34)14-19/h3-9,14-16,18,23,26,30H,10-13,17H2,1-2H3,(H,37,41)(H,38,40)/t26-,30+,33?/m0/s1. The second-order valence-corrected chi connectivity index (χ2v) is 13.9. The molecule has 3 aromatic carbocycles. The van der Waals surface area contributed by atoms with Gasteiger partial charge in [-0.3, -0.25) is 9.59 Å². The Morgan fingerprint density at radius 2 is 1.77 bits per heavy atom. The van der Waals surface area contributed by atoms with E-state index in [0.29, 0.717) is 53.0 Å². The number of hydrogen-bond donors (Lipinski definition) is 2. The molecule has 0 aliphatic carbocycles. The highest BCUT2D eigenvalue weighted by atomic mass is 127. The fraction of sp³-hybridized carbons (Fsp3) is 0.364. The number of carbonyl (C=O) groups is 3. The van der Waals surface area contributed by atoms with Gasteiger partial charge >= 0.3 is 6.09 Å². The van der Waals surface area contributed by atoms with E-state index in [1.54, 1.807) is 23.1 Å². The highest BCUT2D eigenvalue weighted by molar-refractivity contribution is 14.1. The van der Waals surface area contributed by atoms with Crippen LogP contribution >= 0.6 is 45.8 Å². The molecule has 0 aromatic heterocycles. The van der Waals surface area contributed by atoms with Gasteiger partial charge in [-0.2, -0.15) is 0 Å². The van der Waals surface area contributed by atoms with Gasteiger partial charge < -0.3 is 25.0 Å². The summed E-state index contributed by atoms with van der Waals surface area (Å²) in [5, 5.41) is 7.29. The zero-order valence-corrected chi connectivity index (χ0v) is 27.9. The summed E-state index contributed by atoms with van der Waals surface area (Å²) in [6.45, 7) is 4.68. The molecule has 3 aromatic rings. The van der Waals surface area contributed by atoms with E-state index < -0.39 is 17.4 Å². The van der Waals surface area contributed by atoms with Crippen LogP contribution in [0.1, 0.15) is 61.8 Å². The molecule has 0 saturated carbocycles. The van der Waals surface area contributed by atoms with Gasteiger partial charge in [0, 0.05) is 63.1 Å². The summed E-state index contributed by atoms with van der Waals surface area (Å²) in [5.41, 5.74) is 1.65. The number of benzene rings is 3. The van der Waals surface area contributed by atoms with Crippen LogP contribution in [0.2, 0.25) is 10.0 Å². The number of hydrogen-bond acceptors (Lipinski definition) is 5. The Hall–Kier alpha value is -3.02. The smallest absolute Gasteiger partial charge is 0.410 e. The summed E-state index contributed by atoms with van der Waals surface area (Å²) in [6, 6.07) is 17.8. The van der Waals surface area contributed by atoms with E-state index in [2.05, 4.69) is 33.2 Å². The number of likely N-dealkylation sites (tertiary alicyclic amines) is 1. The molecule has 3 aliphatic rings. The van der Waals surface area contributed by atoms with Crippen molar-refractivity contribution in [2.45, 2.75) is 62.7 Å². The lowest BCUT2D eigenvalue weighted by Gasteiger charge is -2.47. The molecule has 3 aliphatic heterocycles. The van der Waals surface area contributed by atoms with Gasteiger partial charge in [0.25, 0.3) is 0 Å². The Labute approximate surface area is 279 Å². The van der Waals surface area contributed by atoms with E-state index in [1.807, 2.05) is 56.3 Å². The Bertz CT molecular complexity index is 1630. The fourth-order valence-electron chi connectivity index (χ4n) is 6.73. The van der Waals surface area contributed by atoms with Crippen molar-refractivity contribution in [1.82, 2.24) is 10.2 Å². The van der Waals surface area contributed by atoms with Crippen LogP contribution in [0.5, 0.6) is 5.75 Å². The van der Waals surface area contributed by atoms with Crippen LogP contribution in [0.15, 0.2) is 60.7 Å². The van der Waals surface area contributed by atoms with Crippen molar-refractivity contribution in [1.29, 1.82) is 0 Å². The molecule has 0 bridgehead atoms. The second kappa shape index (κ2) is 12.4. The molecule has 3 heterocycles. The third kappa shape index (κ3) is 5.74. The molecule has 2 saturated heterocycles. The van der Waals surface area contributed by atoms with E-state index in [1.165, 1.54) is 0 Å². The monoisotopic (exact) mass is 747 g/mol. The first-order valence-electron chi connectivity index (χ1n) is 14.6. The minimum Gasteiger partial charge on any atom is -0.490 e. The zero-order valence-electron chi connectivity index (χ0n) is 24.2. The van der Waals surface area contributed by atoms with Gasteiger partial charge in [-0.15, -0.1) is 0 Å². The molecule has 6 rings (SSSR count). The van der Waals surface area contributed by atoms with E-state index in [0.717, 1.165) is 14.7 Å². The number of anilines is 1. The van der Waals surface area contributed by atoms with Crippen LogP contribution in [-0.2, 0) is 19.7 Å². The Kier molecular flexibility index (Phi) is 8.73. The van der Waals surface area contributed by atoms with Crippen molar-refractivity contribution < 1.29 is 23.9 Å². The van der Waals surface area contributed by atoms with Crippen molar-refractivity contribution in [2.24, 2.45) is 0 Å². The summed E-state index contributed by atoms with van der Waals surface area (Å²) in [5.74, 6) is -0.349. The lowest BCUT2D eigenvalue weighted by Crippen LogP contribution is -2.57. The molecule has 3 amide bonds. The van der Waals surface area contributed by atoms with Crippen molar-refractivity contribution in [3.05, 3.63) is 91.0 Å². The summed E-state index contributed by atoms with van der Waals surface area (Å²) in [7, 11) is 0. The molecule has 0 radical (unpaired) electrons. The number of amides is 3. The van der Waals surface area contributed by atoms with Crippen LogP contribution in [0.3, 0.4) is 0 Å². The average Bonchev–Trinajstić information content (AvgIpc) is 3.25. The zero-order chi connectivity index (χ0) is 31.2. The average molecular weight is 748 g/mol. The lowest BCUT2D eigenvalue weighted by molar-refractivity contribution is -0.131. The predicted molar refractivity (Wildman–Crippen MR) is 177 cm³/mol. The fourth-order valence-corrected chi connectivity index (χ4v) is 7.62. The first kappa shape index (κ1) is 31.0. The van der Waals surface area contributed by atoms with Gasteiger partial charge in [-0.1, -0.05) is 41.4 Å². The number of carbonyl (C=O) groups excluding carboxylic acids is 3. The molecule has 1 spiro atoms. The number of ether oxygens (including phenoxy) is 2. The number of nitrogens with one attached hydrogen (secondary N) is 2. The summed E-state index contributed by atoms with van der Waals surface area (Å²) in [4.78, 5) is 42.0. The molecule has 3 atom stereocenters. The maximum atomic E-state index is 14.4. The largest absolute Gasteiger partial charge is 0.490 e. The lowest BCUT2D eigenvalue weighted by atomic mass is 9.59. The third-order valence-electron chi connectivity index (χ3n) is 8.62. The molecule has 11 heteroatoms. The first-order chi connectivity index (χ1) is 21.1. The van der Waals surface area contributed by atoms with Crippen LogP contribution in [0.25, 0.3) is 0 Å². The summed E-state index contributed by atoms with van der Waals surface area (Å²) in [6.07, 6.45) is 0.657. The van der Waals surface area contributed by atoms with Crippen LogP contribution in [0.4, 0.5) is 10.5 Å². The van der Waals surface area contributed by atoms with Crippen LogP contribution < -0.4 is 15.4 Å². The summed E-state index contributed by atoms with van der Waals surface area (Å²) >= 11 is 15.0. The molecule has 2 fully saturated rings. The highest BCUT2D eigenvalue weighted by Crippen LogP contribution is 2.58. The van der Waals surface area contributed by atoms with E-state index in [9.17, 15) is 14.4 Å².